The second-order valence-electron chi connectivity index (χ2n) is 4.57. The van der Waals surface area contributed by atoms with E-state index in [0.717, 1.165) is 32.0 Å². The van der Waals surface area contributed by atoms with E-state index in [0.29, 0.717) is 0 Å². The van der Waals surface area contributed by atoms with Gasteiger partial charge in [-0.15, -0.1) is 0 Å². The molecule has 1 aromatic rings. The molecule has 0 amide bonds. The number of anilines is 1. The van der Waals surface area contributed by atoms with Gasteiger partial charge in [-0.2, -0.15) is 0 Å². The SMILES string of the molecule is CCOc1cccc(N2CCCN(C)CC2)c1. The molecule has 1 heterocycles. The monoisotopic (exact) mass is 234 g/mol. The summed E-state index contributed by atoms with van der Waals surface area (Å²) in [5, 5.41) is 0. The summed E-state index contributed by atoms with van der Waals surface area (Å²) in [6, 6.07) is 8.43. The highest BCUT2D eigenvalue weighted by atomic mass is 16.5. The quantitative estimate of drug-likeness (QED) is 0.797. The van der Waals surface area contributed by atoms with Crippen LogP contribution in [0.1, 0.15) is 13.3 Å². The molecule has 0 aromatic heterocycles. The molecule has 1 aliphatic heterocycles. The first kappa shape index (κ1) is 12.2. The van der Waals surface area contributed by atoms with Gasteiger partial charge >= 0.3 is 0 Å². The Morgan fingerprint density at radius 3 is 2.88 bits per heavy atom. The number of hydrogen-bond acceptors (Lipinski definition) is 3. The molecule has 17 heavy (non-hydrogen) atoms. The Hall–Kier alpha value is -1.22. The van der Waals surface area contributed by atoms with E-state index in [1.165, 1.54) is 18.7 Å². The minimum Gasteiger partial charge on any atom is -0.494 e. The Balaban J connectivity index is 2.07. The van der Waals surface area contributed by atoms with E-state index >= 15 is 0 Å². The van der Waals surface area contributed by atoms with Gasteiger partial charge in [0.15, 0.2) is 0 Å². The molecule has 0 spiro atoms. The maximum Gasteiger partial charge on any atom is 0.121 e. The summed E-state index contributed by atoms with van der Waals surface area (Å²) in [5.74, 6) is 0.975. The topological polar surface area (TPSA) is 15.7 Å². The fourth-order valence-electron chi connectivity index (χ4n) is 2.24. The Kier molecular flexibility index (Phi) is 4.26. The summed E-state index contributed by atoms with van der Waals surface area (Å²) >= 11 is 0. The van der Waals surface area contributed by atoms with Crippen molar-refractivity contribution in [3.8, 4) is 5.75 Å². The molecule has 0 aliphatic carbocycles. The Morgan fingerprint density at radius 2 is 2.06 bits per heavy atom. The van der Waals surface area contributed by atoms with Gasteiger partial charge in [0.1, 0.15) is 5.75 Å². The molecule has 1 fully saturated rings. The molecule has 3 nitrogen and oxygen atoms in total. The fraction of sp³-hybridized carbons (Fsp3) is 0.571. The van der Waals surface area contributed by atoms with Crippen LogP contribution in [0.4, 0.5) is 5.69 Å². The molecule has 3 heteroatoms. The lowest BCUT2D eigenvalue weighted by Gasteiger charge is -2.23. The molecule has 1 aliphatic rings. The molecule has 94 valence electrons. The van der Waals surface area contributed by atoms with Crippen LogP contribution >= 0.6 is 0 Å². The Bertz CT molecular complexity index is 354. The third-order valence-electron chi connectivity index (χ3n) is 3.21. The molecule has 1 aromatic carbocycles. The standard InChI is InChI=1S/C14H22N2O/c1-3-17-14-7-4-6-13(12-14)16-9-5-8-15(2)10-11-16/h4,6-7,12H,3,5,8-11H2,1-2H3. The molecule has 0 unspecified atom stereocenters. The van der Waals surface area contributed by atoms with Crippen molar-refractivity contribution in [2.45, 2.75) is 13.3 Å². The maximum atomic E-state index is 5.55. The van der Waals surface area contributed by atoms with Crippen LogP contribution in [0.5, 0.6) is 5.75 Å². The number of rotatable bonds is 3. The molecule has 0 atom stereocenters. The summed E-state index contributed by atoms with van der Waals surface area (Å²) in [6.45, 7) is 7.33. The van der Waals surface area contributed by atoms with Crippen LogP contribution in [-0.2, 0) is 0 Å². The zero-order chi connectivity index (χ0) is 12.1. The summed E-state index contributed by atoms with van der Waals surface area (Å²) in [7, 11) is 2.19. The third-order valence-corrected chi connectivity index (χ3v) is 3.21. The molecule has 0 N–H and O–H groups in total. The van der Waals surface area contributed by atoms with Crippen LogP contribution < -0.4 is 9.64 Å². The summed E-state index contributed by atoms with van der Waals surface area (Å²) in [6.07, 6.45) is 1.23. The van der Waals surface area contributed by atoms with E-state index in [4.69, 9.17) is 4.74 Å². The van der Waals surface area contributed by atoms with E-state index in [1.807, 2.05) is 13.0 Å². The largest absolute Gasteiger partial charge is 0.494 e. The van der Waals surface area contributed by atoms with E-state index in [9.17, 15) is 0 Å². The van der Waals surface area contributed by atoms with Gasteiger partial charge in [0.05, 0.1) is 6.61 Å². The third kappa shape index (κ3) is 3.37. The van der Waals surface area contributed by atoms with Crippen LogP contribution in [0.15, 0.2) is 24.3 Å². The summed E-state index contributed by atoms with van der Waals surface area (Å²) < 4.78 is 5.55. The molecular formula is C14H22N2O. The number of benzene rings is 1. The van der Waals surface area contributed by atoms with Crippen molar-refractivity contribution in [3.05, 3.63) is 24.3 Å². The van der Waals surface area contributed by atoms with Crippen molar-refractivity contribution in [1.82, 2.24) is 4.90 Å². The maximum absolute atomic E-state index is 5.55. The second-order valence-corrected chi connectivity index (χ2v) is 4.57. The molecule has 0 radical (unpaired) electrons. The van der Waals surface area contributed by atoms with E-state index in [2.05, 4.69) is 35.0 Å². The fourth-order valence-corrected chi connectivity index (χ4v) is 2.24. The first-order valence-electron chi connectivity index (χ1n) is 6.46. The predicted molar refractivity (Wildman–Crippen MR) is 71.9 cm³/mol. The van der Waals surface area contributed by atoms with Gasteiger partial charge in [-0.3, -0.25) is 0 Å². The highest BCUT2D eigenvalue weighted by Gasteiger charge is 2.12. The van der Waals surface area contributed by atoms with Gasteiger partial charge in [0.25, 0.3) is 0 Å². The van der Waals surface area contributed by atoms with Crippen molar-refractivity contribution >= 4 is 5.69 Å². The molecular weight excluding hydrogens is 212 g/mol. The Morgan fingerprint density at radius 1 is 1.18 bits per heavy atom. The van der Waals surface area contributed by atoms with Crippen molar-refractivity contribution in [2.75, 3.05) is 44.7 Å². The van der Waals surface area contributed by atoms with Crippen molar-refractivity contribution < 1.29 is 4.74 Å². The van der Waals surface area contributed by atoms with E-state index in [-0.39, 0.29) is 0 Å². The normalized spacial score (nSPS) is 17.9. The van der Waals surface area contributed by atoms with Crippen LogP contribution in [0.25, 0.3) is 0 Å². The van der Waals surface area contributed by atoms with Gasteiger partial charge in [-0.05, 0) is 39.1 Å². The van der Waals surface area contributed by atoms with Crippen molar-refractivity contribution in [2.24, 2.45) is 0 Å². The second kappa shape index (κ2) is 5.92. The smallest absolute Gasteiger partial charge is 0.121 e. The first-order chi connectivity index (χ1) is 8.29. The van der Waals surface area contributed by atoms with Crippen LogP contribution in [0, 0.1) is 0 Å². The van der Waals surface area contributed by atoms with Gasteiger partial charge in [-0.25, -0.2) is 0 Å². The molecule has 0 saturated carbocycles. The molecule has 0 bridgehead atoms. The van der Waals surface area contributed by atoms with E-state index < -0.39 is 0 Å². The van der Waals surface area contributed by atoms with Crippen molar-refractivity contribution in [3.63, 3.8) is 0 Å². The minimum absolute atomic E-state index is 0.728. The van der Waals surface area contributed by atoms with Gasteiger partial charge < -0.3 is 14.5 Å². The van der Waals surface area contributed by atoms with Crippen LogP contribution in [-0.4, -0.2) is 44.7 Å². The van der Waals surface area contributed by atoms with Gasteiger partial charge in [0.2, 0.25) is 0 Å². The van der Waals surface area contributed by atoms with Crippen molar-refractivity contribution in [1.29, 1.82) is 0 Å². The van der Waals surface area contributed by atoms with Crippen LogP contribution in [0.2, 0.25) is 0 Å². The zero-order valence-corrected chi connectivity index (χ0v) is 10.9. The average Bonchev–Trinajstić information content (AvgIpc) is 2.55. The molecule has 1 saturated heterocycles. The highest BCUT2D eigenvalue weighted by molar-refractivity contribution is 5.50. The number of nitrogens with zero attached hydrogens (tertiary/aromatic N) is 2. The first-order valence-corrected chi connectivity index (χ1v) is 6.46. The number of hydrogen-bond donors (Lipinski definition) is 0. The summed E-state index contributed by atoms with van der Waals surface area (Å²) in [4.78, 5) is 4.85. The Labute approximate surface area is 104 Å². The zero-order valence-electron chi connectivity index (χ0n) is 10.9. The lowest BCUT2D eigenvalue weighted by Crippen LogP contribution is -2.28. The lowest BCUT2D eigenvalue weighted by molar-refractivity contribution is 0.340. The number of ether oxygens (including phenoxy) is 1. The van der Waals surface area contributed by atoms with E-state index in [1.54, 1.807) is 0 Å². The minimum atomic E-state index is 0.728. The number of likely N-dealkylation sites (N-methyl/N-ethyl adjacent to an activating group) is 1. The van der Waals surface area contributed by atoms with Gasteiger partial charge in [0, 0.05) is 31.4 Å². The molecule has 2 rings (SSSR count). The van der Waals surface area contributed by atoms with Crippen LogP contribution in [0.3, 0.4) is 0 Å². The average molecular weight is 234 g/mol. The lowest BCUT2D eigenvalue weighted by atomic mass is 10.2. The highest BCUT2D eigenvalue weighted by Crippen LogP contribution is 2.22. The van der Waals surface area contributed by atoms with Gasteiger partial charge in [-0.1, -0.05) is 6.07 Å². The predicted octanol–water partition coefficient (Wildman–Crippen LogP) is 2.23. The summed E-state index contributed by atoms with van der Waals surface area (Å²) in [5.41, 5.74) is 1.28.